The Labute approximate surface area is 168 Å². The van der Waals surface area contributed by atoms with Gasteiger partial charge >= 0.3 is 0 Å². The van der Waals surface area contributed by atoms with Gasteiger partial charge in [-0.2, -0.15) is 5.26 Å². The molecule has 0 spiro atoms. The molecule has 0 aliphatic rings. The summed E-state index contributed by atoms with van der Waals surface area (Å²) in [5.41, 5.74) is 1.65. The quantitative estimate of drug-likeness (QED) is 0.610. The summed E-state index contributed by atoms with van der Waals surface area (Å²) in [7, 11) is -7.82. The minimum absolute atomic E-state index is 0.0214. The molecule has 11 heteroatoms. The van der Waals surface area contributed by atoms with Gasteiger partial charge in [0.05, 0.1) is 27.1 Å². The van der Waals surface area contributed by atoms with Crippen molar-refractivity contribution >= 4 is 31.6 Å². The van der Waals surface area contributed by atoms with Crippen molar-refractivity contribution in [2.24, 2.45) is 0 Å². The molecule has 0 saturated heterocycles. The van der Waals surface area contributed by atoms with Crippen LogP contribution in [-0.4, -0.2) is 22.0 Å². The Kier molecular flexibility index (Phi) is 5.32. The van der Waals surface area contributed by atoms with E-state index < -0.39 is 20.0 Å². The molecule has 3 aromatic rings. The Morgan fingerprint density at radius 1 is 0.862 bits per heavy atom. The summed E-state index contributed by atoms with van der Waals surface area (Å²) < 4.78 is 59.4. The van der Waals surface area contributed by atoms with Crippen LogP contribution in [0.25, 0.3) is 0 Å². The standard InChI is InChI=1S/C18H16N4O5S2/c1-12-13(2)20-27-18(12)22-29(25,26)17-9-5-15(6-10-17)21-28(23,24)16-7-3-14(11-19)4-8-16/h3-10,21-22H,1-2H3. The lowest BCUT2D eigenvalue weighted by Crippen LogP contribution is -2.14. The molecule has 9 nitrogen and oxygen atoms in total. The van der Waals surface area contributed by atoms with E-state index in [2.05, 4.69) is 14.6 Å². The number of anilines is 2. The molecule has 0 radical (unpaired) electrons. The number of aryl methyl sites for hydroxylation is 1. The van der Waals surface area contributed by atoms with Crippen LogP contribution in [-0.2, 0) is 20.0 Å². The third-order valence-electron chi connectivity index (χ3n) is 4.09. The lowest BCUT2D eigenvalue weighted by Gasteiger charge is -2.10. The number of rotatable bonds is 6. The first-order valence-electron chi connectivity index (χ1n) is 8.21. The zero-order valence-electron chi connectivity index (χ0n) is 15.4. The normalized spacial score (nSPS) is 11.6. The molecular formula is C18H16N4O5S2. The Morgan fingerprint density at radius 3 is 1.86 bits per heavy atom. The second-order valence-electron chi connectivity index (χ2n) is 6.09. The summed E-state index contributed by atoms with van der Waals surface area (Å²) in [4.78, 5) is -0.0988. The highest BCUT2D eigenvalue weighted by Crippen LogP contribution is 2.23. The van der Waals surface area contributed by atoms with E-state index in [1.807, 2.05) is 6.07 Å². The SMILES string of the molecule is Cc1noc(NS(=O)(=O)c2ccc(NS(=O)(=O)c3ccc(C#N)cc3)cc2)c1C. The Morgan fingerprint density at radius 2 is 1.38 bits per heavy atom. The van der Waals surface area contributed by atoms with Gasteiger partial charge in [-0.25, -0.2) is 21.6 Å². The van der Waals surface area contributed by atoms with E-state index in [4.69, 9.17) is 9.78 Å². The summed E-state index contributed by atoms with van der Waals surface area (Å²) in [6.07, 6.45) is 0. The molecule has 0 amide bonds. The van der Waals surface area contributed by atoms with Crippen LogP contribution in [0.5, 0.6) is 0 Å². The van der Waals surface area contributed by atoms with Crippen LogP contribution >= 0.6 is 0 Å². The highest BCUT2D eigenvalue weighted by atomic mass is 32.2. The molecule has 0 aliphatic carbocycles. The van der Waals surface area contributed by atoms with Crippen molar-refractivity contribution in [3.63, 3.8) is 0 Å². The highest BCUT2D eigenvalue weighted by Gasteiger charge is 2.20. The summed E-state index contributed by atoms with van der Waals surface area (Å²) in [5, 5.41) is 12.5. The minimum Gasteiger partial charge on any atom is -0.337 e. The molecule has 0 bridgehead atoms. The fourth-order valence-corrected chi connectivity index (χ4v) is 4.42. The number of aromatic nitrogens is 1. The van der Waals surface area contributed by atoms with Crippen LogP contribution in [0.4, 0.5) is 11.6 Å². The molecule has 0 aliphatic heterocycles. The highest BCUT2D eigenvalue weighted by molar-refractivity contribution is 7.93. The summed E-state index contributed by atoms with van der Waals surface area (Å²) in [6, 6.07) is 12.5. The van der Waals surface area contributed by atoms with Crippen molar-refractivity contribution in [1.29, 1.82) is 5.26 Å². The zero-order chi connectivity index (χ0) is 21.2. The third kappa shape index (κ3) is 4.39. The van der Waals surface area contributed by atoms with Gasteiger partial charge in [-0.3, -0.25) is 4.72 Å². The predicted octanol–water partition coefficient (Wildman–Crippen LogP) is 2.76. The fraction of sp³-hybridized carbons (Fsp3) is 0.111. The molecule has 3 rings (SSSR count). The van der Waals surface area contributed by atoms with E-state index in [0.717, 1.165) is 0 Å². The first kappa shape index (κ1) is 20.4. The van der Waals surface area contributed by atoms with Crippen molar-refractivity contribution in [1.82, 2.24) is 5.16 Å². The van der Waals surface area contributed by atoms with Gasteiger partial charge in [-0.1, -0.05) is 5.16 Å². The predicted molar refractivity (Wildman–Crippen MR) is 105 cm³/mol. The Hall–Kier alpha value is -3.36. The van der Waals surface area contributed by atoms with Crippen molar-refractivity contribution in [2.75, 3.05) is 9.44 Å². The number of hydrogen-bond acceptors (Lipinski definition) is 7. The molecule has 0 saturated carbocycles. The van der Waals surface area contributed by atoms with Crippen molar-refractivity contribution in [3.8, 4) is 6.07 Å². The maximum Gasteiger partial charge on any atom is 0.264 e. The van der Waals surface area contributed by atoms with Gasteiger partial charge < -0.3 is 4.52 Å². The molecular weight excluding hydrogens is 416 g/mol. The Balaban J connectivity index is 1.78. The van der Waals surface area contributed by atoms with Crippen molar-refractivity contribution < 1.29 is 21.4 Å². The third-order valence-corrected chi connectivity index (χ3v) is 6.84. The largest absolute Gasteiger partial charge is 0.337 e. The van der Waals surface area contributed by atoms with E-state index in [1.165, 1.54) is 48.5 Å². The number of sulfonamides is 2. The van der Waals surface area contributed by atoms with Gasteiger partial charge in [0.25, 0.3) is 20.0 Å². The first-order valence-corrected chi connectivity index (χ1v) is 11.2. The maximum atomic E-state index is 12.5. The number of hydrogen-bond donors (Lipinski definition) is 2. The first-order chi connectivity index (χ1) is 13.6. The molecule has 2 N–H and O–H groups in total. The van der Waals surface area contributed by atoms with Gasteiger partial charge in [0.2, 0.25) is 5.88 Å². The van der Waals surface area contributed by atoms with Gasteiger partial charge in [-0.15, -0.1) is 0 Å². The van der Waals surface area contributed by atoms with E-state index in [1.54, 1.807) is 13.8 Å². The van der Waals surface area contributed by atoms with E-state index in [0.29, 0.717) is 16.8 Å². The van der Waals surface area contributed by atoms with Crippen molar-refractivity contribution in [3.05, 3.63) is 65.4 Å². The average Bonchev–Trinajstić information content (AvgIpc) is 3.00. The molecule has 1 aromatic heterocycles. The molecule has 150 valence electrons. The van der Waals surface area contributed by atoms with E-state index >= 15 is 0 Å². The minimum atomic E-state index is -3.93. The maximum absolute atomic E-state index is 12.5. The fourth-order valence-electron chi connectivity index (χ4n) is 2.32. The number of nitrogens with zero attached hydrogens (tertiary/aromatic N) is 2. The van der Waals surface area contributed by atoms with Crippen LogP contribution in [0.1, 0.15) is 16.8 Å². The monoisotopic (exact) mass is 432 g/mol. The number of benzene rings is 2. The van der Waals surface area contributed by atoms with Crippen LogP contribution < -0.4 is 9.44 Å². The second kappa shape index (κ2) is 7.57. The van der Waals surface area contributed by atoms with Crippen molar-refractivity contribution in [2.45, 2.75) is 23.6 Å². The Bertz CT molecular complexity index is 1290. The number of nitrogens with one attached hydrogen (secondary N) is 2. The molecule has 29 heavy (non-hydrogen) atoms. The molecule has 0 fully saturated rings. The second-order valence-corrected chi connectivity index (χ2v) is 9.46. The topological polar surface area (TPSA) is 142 Å². The smallest absolute Gasteiger partial charge is 0.264 e. The number of nitriles is 1. The van der Waals surface area contributed by atoms with Crippen LogP contribution in [0.15, 0.2) is 62.8 Å². The van der Waals surface area contributed by atoms with Crippen LogP contribution in [0, 0.1) is 25.2 Å². The van der Waals surface area contributed by atoms with E-state index in [9.17, 15) is 16.8 Å². The van der Waals surface area contributed by atoms with Gasteiger partial charge in [-0.05, 0) is 62.4 Å². The molecule has 0 atom stereocenters. The summed E-state index contributed by atoms with van der Waals surface area (Å²) in [5.74, 6) is 0.0214. The zero-order valence-corrected chi connectivity index (χ0v) is 17.0. The molecule has 2 aromatic carbocycles. The van der Waals surface area contributed by atoms with Gasteiger partial charge in [0.15, 0.2) is 0 Å². The van der Waals surface area contributed by atoms with Gasteiger partial charge in [0.1, 0.15) is 0 Å². The molecule has 0 unspecified atom stereocenters. The lowest BCUT2D eigenvalue weighted by molar-refractivity contribution is 0.430. The van der Waals surface area contributed by atoms with Crippen LogP contribution in [0.2, 0.25) is 0 Å². The summed E-state index contributed by atoms with van der Waals surface area (Å²) in [6.45, 7) is 3.36. The van der Waals surface area contributed by atoms with E-state index in [-0.39, 0.29) is 21.4 Å². The van der Waals surface area contributed by atoms with Gasteiger partial charge in [0, 0.05) is 11.3 Å². The molecule has 1 heterocycles. The lowest BCUT2D eigenvalue weighted by atomic mass is 10.2. The average molecular weight is 432 g/mol. The van der Waals surface area contributed by atoms with Crippen LogP contribution in [0.3, 0.4) is 0 Å². The summed E-state index contributed by atoms with van der Waals surface area (Å²) >= 11 is 0.